The molecule has 1 aromatic carbocycles. The van der Waals surface area contributed by atoms with Gasteiger partial charge in [-0.1, -0.05) is 114 Å². The van der Waals surface area contributed by atoms with Crippen molar-refractivity contribution in [2.45, 2.75) is 165 Å². The summed E-state index contributed by atoms with van der Waals surface area (Å²) in [6.45, 7) is 4.01. The number of hydrogen-bond donors (Lipinski definition) is 0. The number of likely N-dealkylation sites (N-methyl/N-ethyl adjacent to an activating group) is 1. The maximum Gasteiger partial charge on any atom is 0.0758 e. The lowest BCUT2D eigenvalue weighted by atomic mass is 9.87. The Bertz CT molecular complexity index is 971. The summed E-state index contributed by atoms with van der Waals surface area (Å²) in [5, 5.41) is 0. The van der Waals surface area contributed by atoms with Crippen molar-refractivity contribution >= 4 is 17.9 Å². The zero-order chi connectivity index (χ0) is 28.2. The van der Waals surface area contributed by atoms with Gasteiger partial charge in [0.25, 0.3) is 0 Å². The van der Waals surface area contributed by atoms with E-state index in [9.17, 15) is 0 Å². The number of hydrogen-bond acceptors (Lipinski definition) is 3. The third-order valence-electron chi connectivity index (χ3n) is 11.4. The van der Waals surface area contributed by atoms with E-state index in [1.807, 2.05) is 10.5 Å². The molecule has 0 spiro atoms. The summed E-state index contributed by atoms with van der Waals surface area (Å²) >= 11 is 7.11. The molecule has 0 bridgehead atoms. The molecule has 4 heteroatoms. The van der Waals surface area contributed by atoms with Crippen molar-refractivity contribution < 1.29 is 0 Å². The van der Waals surface area contributed by atoms with Crippen LogP contribution in [-0.2, 0) is 0 Å². The first-order chi connectivity index (χ1) is 20.2. The zero-order valence-electron chi connectivity index (χ0n) is 25.9. The van der Waals surface area contributed by atoms with Crippen LogP contribution in [0.15, 0.2) is 42.1 Å². The first kappa shape index (κ1) is 29.8. The van der Waals surface area contributed by atoms with E-state index in [1.54, 1.807) is 11.3 Å². The molecule has 2 unspecified atom stereocenters. The van der Waals surface area contributed by atoms with Gasteiger partial charge < -0.3 is 4.90 Å². The monoisotopic (exact) mass is 577 g/mol. The quantitative estimate of drug-likeness (QED) is 0.256. The lowest BCUT2D eigenvalue weighted by Gasteiger charge is -2.46. The molecule has 0 aromatic heterocycles. The van der Waals surface area contributed by atoms with Gasteiger partial charge >= 0.3 is 0 Å². The molecule has 6 rings (SSSR count). The largest absolute Gasteiger partial charge is 0.367 e. The molecule has 2 atom stereocenters. The summed E-state index contributed by atoms with van der Waals surface area (Å²) in [5.41, 5.74) is 5.87. The van der Waals surface area contributed by atoms with E-state index in [0.717, 1.165) is 12.1 Å². The van der Waals surface area contributed by atoms with Crippen LogP contribution in [0.1, 0.15) is 146 Å². The van der Waals surface area contributed by atoms with Gasteiger partial charge in [0, 0.05) is 36.9 Å². The second-order valence-corrected chi connectivity index (χ2v) is 14.6. The SMILES string of the molecule is C=Cc1ccc(C(C2=C(N(C3CCCCC3)C3CCCCC3)C2N(C2CCCCC2)C2CCCCC2)N(C)Cl)cc1. The van der Waals surface area contributed by atoms with Crippen molar-refractivity contribution in [3.63, 3.8) is 0 Å². The van der Waals surface area contributed by atoms with Crippen molar-refractivity contribution in [1.29, 1.82) is 0 Å². The van der Waals surface area contributed by atoms with Gasteiger partial charge in [-0.15, -0.1) is 0 Å². The van der Waals surface area contributed by atoms with E-state index in [0.29, 0.717) is 18.1 Å². The Hall–Kier alpha value is -1.29. The van der Waals surface area contributed by atoms with Gasteiger partial charge in [0.05, 0.1) is 12.1 Å². The molecule has 5 aliphatic carbocycles. The molecule has 0 amide bonds. The number of rotatable bonds is 10. The normalized spacial score (nSPS) is 26.5. The minimum Gasteiger partial charge on any atom is -0.367 e. The summed E-state index contributed by atoms with van der Waals surface area (Å²) < 4.78 is 2.01. The summed E-state index contributed by atoms with van der Waals surface area (Å²) in [6, 6.07) is 12.6. The Kier molecular flexibility index (Phi) is 10.2. The molecule has 0 saturated heterocycles. The maximum atomic E-state index is 7.11. The molecule has 5 aliphatic rings. The number of benzene rings is 1. The third kappa shape index (κ3) is 6.63. The Balaban J connectivity index is 1.44. The second kappa shape index (κ2) is 14.0. The van der Waals surface area contributed by atoms with Gasteiger partial charge in [-0.25, -0.2) is 4.42 Å². The summed E-state index contributed by atoms with van der Waals surface area (Å²) in [6.07, 6.45) is 29.9. The van der Waals surface area contributed by atoms with E-state index < -0.39 is 0 Å². The fourth-order valence-corrected chi connectivity index (χ4v) is 9.59. The van der Waals surface area contributed by atoms with E-state index in [1.165, 1.54) is 140 Å². The van der Waals surface area contributed by atoms with Crippen LogP contribution in [0.4, 0.5) is 0 Å². The van der Waals surface area contributed by atoms with Crippen LogP contribution in [-0.4, -0.2) is 51.5 Å². The van der Waals surface area contributed by atoms with Crippen molar-refractivity contribution in [1.82, 2.24) is 14.2 Å². The van der Waals surface area contributed by atoms with Gasteiger partial charge in [-0.05, 0) is 79.8 Å². The predicted molar refractivity (Wildman–Crippen MR) is 175 cm³/mol. The first-order valence-corrected chi connectivity index (χ1v) is 17.9. The highest BCUT2D eigenvalue weighted by atomic mass is 35.5. The van der Waals surface area contributed by atoms with Crippen LogP contribution in [0.3, 0.4) is 0 Å². The maximum absolute atomic E-state index is 7.11. The molecule has 0 aliphatic heterocycles. The van der Waals surface area contributed by atoms with E-state index in [4.69, 9.17) is 11.8 Å². The summed E-state index contributed by atoms with van der Waals surface area (Å²) in [7, 11) is 2.10. The molecular formula is C37H56ClN3. The number of nitrogens with zero attached hydrogens (tertiary/aromatic N) is 3. The highest BCUT2D eigenvalue weighted by Gasteiger charge is 2.54. The summed E-state index contributed by atoms with van der Waals surface area (Å²) in [4.78, 5) is 6.19. The molecule has 3 nitrogen and oxygen atoms in total. The van der Waals surface area contributed by atoms with Gasteiger partial charge in [0.15, 0.2) is 0 Å². The van der Waals surface area contributed by atoms with Crippen molar-refractivity contribution in [2.24, 2.45) is 0 Å². The van der Waals surface area contributed by atoms with Gasteiger partial charge in [0.2, 0.25) is 0 Å². The molecule has 4 saturated carbocycles. The van der Waals surface area contributed by atoms with Crippen LogP contribution in [0.2, 0.25) is 0 Å². The van der Waals surface area contributed by atoms with E-state index in [-0.39, 0.29) is 6.04 Å². The van der Waals surface area contributed by atoms with Crippen LogP contribution < -0.4 is 0 Å². The zero-order valence-corrected chi connectivity index (χ0v) is 26.7. The predicted octanol–water partition coefficient (Wildman–Crippen LogP) is 10.0. The molecule has 0 radical (unpaired) electrons. The van der Waals surface area contributed by atoms with Crippen LogP contribution in [0.25, 0.3) is 6.08 Å². The molecular weight excluding hydrogens is 522 g/mol. The average Bonchev–Trinajstić information content (AvgIpc) is 3.72. The van der Waals surface area contributed by atoms with Crippen LogP contribution in [0.5, 0.6) is 0 Å². The summed E-state index contributed by atoms with van der Waals surface area (Å²) in [5.74, 6) is 0. The van der Waals surface area contributed by atoms with E-state index >= 15 is 0 Å². The Morgan fingerprint density at radius 1 is 0.659 bits per heavy atom. The Morgan fingerprint density at radius 3 is 1.46 bits per heavy atom. The molecule has 0 heterocycles. The third-order valence-corrected chi connectivity index (χ3v) is 11.6. The smallest absolute Gasteiger partial charge is 0.0758 e. The van der Waals surface area contributed by atoms with Crippen molar-refractivity contribution in [3.8, 4) is 0 Å². The van der Waals surface area contributed by atoms with Crippen molar-refractivity contribution in [3.05, 3.63) is 53.2 Å². The highest BCUT2D eigenvalue weighted by molar-refractivity contribution is 6.13. The lowest BCUT2D eigenvalue weighted by Crippen LogP contribution is -2.51. The standard InChI is InChI=1S/C37H56ClN3/c1-3-28-24-26-29(27-25-28)35(39(2)38)34-36(40(30-16-8-4-9-17-30)31-18-10-5-11-19-31)37(34)41(32-20-12-6-13-21-32)33-22-14-7-15-23-33/h3,24-27,30-33,35-36H,1,4-23H2,2H3. The van der Waals surface area contributed by atoms with Gasteiger partial charge in [-0.3, -0.25) is 4.90 Å². The first-order valence-electron chi connectivity index (χ1n) is 17.6. The average molecular weight is 578 g/mol. The van der Waals surface area contributed by atoms with Crippen molar-refractivity contribution in [2.75, 3.05) is 7.05 Å². The van der Waals surface area contributed by atoms with E-state index in [2.05, 4.69) is 47.7 Å². The highest BCUT2D eigenvalue weighted by Crippen LogP contribution is 2.54. The van der Waals surface area contributed by atoms with Crippen LogP contribution >= 0.6 is 11.8 Å². The minimum atomic E-state index is 0.125. The molecule has 0 N–H and O–H groups in total. The molecule has 1 aromatic rings. The fraction of sp³-hybridized carbons (Fsp3) is 0.730. The van der Waals surface area contributed by atoms with Gasteiger partial charge in [0.1, 0.15) is 0 Å². The van der Waals surface area contributed by atoms with Crippen LogP contribution in [0, 0.1) is 0 Å². The molecule has 226 valence electrons. The Morgan fingerprint density at radius 2 is 1.07 bits per heavy atom. The van der Waals surface area contributed by atoms with Gasteiger partial charge in [-0.2, -0.15) is 0 Å². The fourth-order valence-electron chi connectivity index (χ4n) is 9.38. The lowest BCUT2D eigenvalue weighted by molar-refractivity contribution is 0.0559. The topological polar surface area (TPSA) is 9.72 Å². The second-order valence-electron chi connectivity index (χ2n) is 14.1. The number of halogens is 1. The molecule has 4 fully saturated rings. The molecule has 41 heavy (non-hydrogen) atoms. The Labute approximate surface area is 256 Å². The minimum absolute atomic E-state index is 0.125.